The van der Waals surface area contributed by atoms with Crippen LogP contribution in [-0.4, -0.2) is 93.7 Å². The third kappa shape index (κ3) is 9.19. The number of carbonyl (C=O) groups excluding carboxylic acids is 6. The Morgan fingerprint density at radius 3 is 2.42 bits per heavy atom. The van der Waals surface area contributed by atoms with Gasteiger partial charge in [0, 0.05) is 23.3 Å². The van der Waals surface area contributed by atoms with Gasteiger partial charge in [0.05, 0.1) is 23.4 Å². The van der Waals surface area contributed by atoms with Gasteiger partial charge in [-0.2, -0.15) is 0 Å². The number of hydrogen-bond donors (Lipinski definition) is 5. The zero-order chi connectivity index (χ0) is 46.2. The molecule has 62 heavy (non-hydrogen) atoms. The van der Waals surface area contributed by atoms with Crippen LogP contribution in [0.1, 0.15) is 104 Å². The lowest BCUT2D eigenvalue weighted by Crippen LogP contribution is -2.70. The van der Waals surface area contributed by atoms with Crippen molar-refractivity contribution in [2.24, 2.45) is 34.3 Å². The van der Waals surface area contributed by atoms with E-state index in [4.69, 9.17) is 15.2 Å². The maximum atomic E-state index is 17.7. The van der Waals surface area contributed by atoms with Crippen LogP contribution >= 0.6 is 11.8 Å². The van der Waals surface area contributed by atoms with E-state index in [-0.39, 0.29) is 54.6 Å². The van der Waals surface area contributed by atoms with E-state index in [1.54, 1.807) is 34.6 Å². The number of esters is 1. The summed E-state index contributed by atoms with van der Waals surface area (Å²) in [5, 5.41) is 18.5. The summed E-state index contributed by atoms with van der Waals surface area (Å²) in [6.45, 7) is 11.7. The molecule has 6 N–H and O–H groups in total. The number of aliphatic hydroxyl groups excluding tert-OH is 1. The van der Waals surface area contributed by atoms with Crippen molar-refractivity contribution in [1.29, 1.82) is 0 Å². The second-order valence-corrected chi connectivity index (χ2v) is 19.5. The van der Waals surface area contributed by atoms with Gasteiger partial charge in [-0.1, -0.05) is 26.8 Å². The van der Waals surface area contributed by atoms with Gasteiger partial charge >= 0.3 is 12.1 Å². The molecule has 0 aliphatic heterocycles. The van der Waals surface area contributed by atoms with Gasteiger partial charge in [0.1, 0.15) is 29.6 Å². The molecule has 3 fully saturated rings. The number of allylic oxidation sites excluding steroid dienone is 4. The number of anilines is 1. The van der Waals surface area contributed by atoms with Crippen LogP contribution in [0.2, 0.25) is 0 Å². The number of thioether (sulfide) groups is 1. The van der Waals surface area contributed by atoms with Crippen molar-refractivity contribution in [3.8, 4) is 0 Å². The smallest absolute Gasteiger partial charge is 0.407 e. The van der Waals surface area contributed by atoms with E-state index in [1.165, 1.54) is 19.9 Å². The number of alkyl carbamates (subject to hydrolysis) is 1. The van der Waals surface area contributed by atoms with Crippen LogP contribution in [0.25, 0.3) is 0 Å². The molecule has 3 amide bonds. The Kier molecular flexibility index (Phi) is 14.5. The summed E-state index contributed by atoms with van der Waals surface area (Å²) >= 11 is 0.228. The molecule has 0 unspecified atom stereocenters. The number of aliphatic hydroxyl groups is 1. The van der Waals surface area contributed by atoms with Crippen molar-refractivity contribution in [3.05, 3.63) is 53.4 Å². The summed E-state index contributed by atoms with van der Waals surface area (Å²) in [5.74, 6) is -6.52. The number of nitrogens with one attached hydrogen (secondary N) is 3. The van der Waals surface area contributed by atoms with Crippen molar-refractivity contribution in [2.45, 2.75) is 135 Å². The van der Waals surface area contributed by atoms with E-state index < -0.39 is 129 Å². The number of ketones is 1. The van der Waals surface area contributed by atoms with Crippen LogP contribution in [0, 0.1) is 34.4 Å². The number of fused-ring (bicyclic) bond motifs is 5. The highest BCUT2D eigenvalue weighted by Crippen LogP contribution is 2.71. The van der Waals surface area contributed by atoms with Crippen LogP contribution in [-0.2, 0) is 28.7 Å². The highest BCUT2D eigenvalue weighted by molar-refractivity contribution is 8.13. The first kappa shape index (κ1) is 48.7. The average Bonchev–Trinajstić information content (AvgIpc) is 3.47. The second kappa shape index (κ2) is 18.4. The first-order valence-electron chi connectivity index (χ1n) is 20.9. The normalized spacial score (nSPS) is 31.1. The lowest BCUT2D eigenvalue weighted by Gasteiger charge is -2.63. The first-order chi connectivity index (χ1) is 28.8. The minimum absolute atomic E-state index is 0.0330. The molecule has 0 heterocycles. The van der Waals surface area contributed by atoms with Gasteiger partial charge in [-0.3, -0.25) is 19.2 Å². The summed E-state index contributed by atoms with van der Waals surface area (Å²) in [4.78, 5) is 79.1. The Bertz CT molecular complexity index is 2010. The third-order valence-corrected chi connectivity index (χ3v) is 13.9. The molecule has 342 valence electrons. The summed E-state index contributed by atoms with van der Waals surface area (Å²) < 4.78 is 74.3. The van der Waals surface area contributed by atoms with Crippen LogP contribution in [0.5, 0.6) is 0 Å². The predicted molar refractivity (Wildman–Crippen MR) is 223 cm³/mol. The fourth-order valence-corrected chi connectivity index (χ4v) is 10.6. The molecule has 13 nitrogen and oxygen atoms in total. The Labute approximate surface area is 363 Å². The van der Waals surface area contributed by atoms with E-state index in [2.05, 4.69) is 16.0 Å². The van der Waals surface area contributed by atoms with Gasteiger partial charge in [-0.05, 0) is 132 Å². The van der Waals surface area contributed by atoms with E-state index in [1.807, 2.05) is 0 Å². The number of rotatable bonds is 14. The van der Waals surface area contributed by atoms with Gasteiger partial charge in [-0.25, -0.2) is 27.2 Å². The molecule has 3 saturated carbocycles. The van der Waals surface area contributed by atoms with E-state index in [0.29, 0.717) is 12.8 Å². The SMILES string of the molecule is CC(C)[C@H](N)C(=O)N[C@@H](CCCCNC(=O)OC(C)(C)C)C(=O)Nc1cc(C(=O)O[C@]2(C(=O)SCF)CC[C@H]3[C@@H]4C[C@H](F)C5=CC(=O)C=C[C@]5(C)[C@@]4(F)[C@@H](O)C[C@@]32C)ccc1F. The second-order valence-electron chi connectivity index (χ2n) is 18.6. The third-order valence-electron chi connectivity index (χ3n) is 13.2. The van der Waals surface area contributed by atoms with E-state index >= 15 is 13.2 Å². The molecule has 1 aromatic rings. The lowest BCUT2D eigenvalue weighted by molar-refractivity contribution is -0.219. The molecular formula is C44H58F4N4O9S. The first-order valence-corrected chi connectivity index (χ1v) is 21.9. The van der Waals surface area contributed by atoms with Crippen LogP contribution in [0.3, 0.4) is 0 Å². The number of nitrogens with two attached hydrogens (primary N) is 1. The minimum atomic E-state index is -2.49. The van der Waals surface area contributed by atoms with Crippen molar-refractivity contribution < 1.29 is 60.9 Å². The molecule has 1 aromatic carbocycles. The molecule has 0 spiro atoms. The van der Waals surface area contributed by atoms with Crippen LogP contribution in [0.15, 0.2) is 42.0 Å². The molecule has 0 saturated heterocycles. The summed E-state index contributed by atoms with van der Waals surface area (Å²) in [6, 6.07) is -0.532. The van der Waals surface area contributed by atoms with E-state index in [9.17, 15) is 38.3 Å². The standard InChI is InChI=1S/C44H58F4N4O9S/c1-23(2)34(49)36(56)51-31(10-8-9-17-50-39(59)61-40(3,4)5)35(55)52-32-18-24(11-12-29(32)46)37(57)60-43(38(58)62-22-45)16-14-26-27-20-30(47)28-19-25(53)13-15-41(28,6)44(27,48)33(54)21-42(26,43)7/h11-13,15,18-19,23,26-27,30-31,33-34,54H,8-10,14,16-17,20-22,49H2,1-7H3,(H,50,59)(H,51,56)(H,52,55)/t26-,27-,30-,31-,33-,34-,41-,42-,43-,44-/m0/s1. The maximum Gasteiger partial charge on any atom is 0.407 e. The van der Waals surface area contributed by atoms with Gasteiger partial charge < -0.3 is 36.3 Å². The molecule has 4 aliphatic carbocycles. The zero-order valence-electron chi connectivity index (χ0n) is 36.1. The highest BCUT2D eigenvalue weighted by atomic mass is 32.2. The quantitative estimate of drug-likeness (QED) is 0.0794. The summed E-state index contributed by atoms with van der Waals surface area (Å²) in [5.41, 5.74) is -3.49. The number of amides is 3. The maximum absolute atomic E-state index is 17.7. The number of alkyl halides is 3. The fraction of sp³-hybridized carbons (Fsp3) is 0.636. The number of benzene rings is 1. The van der Waals surface area contributed by atoms with Gasteiger partial charge in [0.25, 0.3) is 0 Å². The average molecular weight is 895 g/mol. The molecule has 18 heteroatoms. The molecule has 0 bridgehead atoms. The van der Waals surface area contributed by atoms with Crippen molar-refractivity contribution in [1.82, 2.24) is 10.6 Å². The van der Waals surface area contributed by atoms with Crippen LogP contribution in [0.4, 0.5) is 28.0 Å². The number of halogens is 4. The Morgan fingerprint density at radius 1 is 1.08 bits per heavy atom. The zero-order valence-corrected chi connectivity index (χ0v) is 36.9. The Hall–Kier alpha value is -4.29. The van der Waals surface area contributed by atoms with Crippen molar-refractivity contribution >= 4 is 52.2 Å². The largest absolute Gasteiger partial charge is 0.446 e. The van der Waals surface area contributed by atoms with E-state index in [0.717, 1.165) is 30.4 Å². The molecule has 5 rings (SSSR count). The van der Waals surface area contributed by atoms with Gasteiger partial charge in [0.2, 0.25) is 16.9 Å². The van der Waals surface area contributed by atoms with Gasteiger partial charge in [-0.15, -0.1) is 0 Å². The van der Waals surface area contributed by atoms with Gasteiger partial charge in [0.15, 0.2) is 17.1 Å². The van der Waals surface area contributed by atoms with Crippen molar-refractivity contribution in [3.63, 3.8) is 0 Å². The Balaban J connectivity index is 1.38. The molecule has 4 aliphatic rings. The lowest BCUT2D eigenvalue weighted by atomic mass is 9.44. The summed E-state index contributed by atoms with van der Waals surface area (Å²) in [6.07, 6.45) is -1.13. The molecule has 10 atom stereocenters. The molecule has 0 aromatic heterocycles. The Morgan fingerprint density at radius 2 is 1.77 bits per heavy atom. The minimum Gasteiger partial charge on any atom is -0.446 e. The van der Waals surface area contributed by atoms with Crippen molar-refractivity contribution in [2.75, 3.05) is 17.9 Å². The van der Waals surface area contributed by atoms with Crippen LogP contribution < -0.4 is 21.7 Å². The summed E-state index contributed by atoms with van der Waals surface area (Å²) in [7, 11) is 0. The predicted octanol–water partition coefficient (Wildman–Crippen LogP) is 6.33. The monoisotopic (exact) mass is 894 g/mol. The highest BCUT2D eigenvalue weighted by Gasteiger charge is 2.76. The topological polar surface area (TPSA) is 203 Å². The number of hydrogen-bond acceptors (Lipinski definition) is 11. The molecule has 0 radical (unpaired) electrons. The fourth-order valence-electron chi connectivity index (χ4n) is 9.91. The number of ether oxygens (including phenoxy) is 2. The molecular weight excluding hydrogens is 837 g/mol. The number of carbonyl (C=O) groups is 6. The number of unbranched alkanes of at least 4 members (excludes halogenated alkanes) is 1.